The van der Waals surface area contributed by atoms with Crippen LogP contribution >= 0.6 is 23.2 Å². The van der Waals surface area contributed by atoms with E-state index < -0.39 is 0 Å². The minimum atomic E-state index is 0.322. The molecule has 0 aliphatic heterocycles. The van der Waals surface area contributed by atoms with Gasteiger partial charge in [0, 0.05) is 28.7 Å². The van der Waals surface area contributed by atoms with E-state index >= 15 is 0 Å². The van der Waals surface area contributed by atoms with E-state index in [0.29, 0.717) is 5.41 Å². The summed E-state index contributed by atoms with van der Waals surface area (Å²) < 4.78 is 0. The zero-order valence-corrected chi connectivity index (χ0v) is 13.7. The number of unbranched alkanes of at least 4 members (excludes halogenated alkanes) is 2. The minimum absolute atomic E-state index is 0.322. The molecule has 0 spiro atoms. The van der Waals surface area contributed by atoms with Crippen LogP contribution in [0.15, 0.2) is 18.2 Å². The molecule has 0 atom stereocenters. The molecule has 0 bridgehead atoms. The van der Waals surface area contributed by atoms with E-state index in [0.717, 1.165) is 28.7 Å². The number of rotatable bonds is 8. The molecule has 3 heteroatoms. The molecule has 0 aliphatic carbocycles. The number of nitrogens with one attached hydrogen (secondary N) is 1. The third-order valence-electron chi connectivity index (χ3n) is 3.42. The first-order chi connectivity index (χ1) is 8.96. The molecular formula is C16H25Cl2N. The van der Waals surface area contributed by atoms with Crippen molar-refractivity contribution in [1.82, 2.24) is 5.32 Å². The van der Waals surface area contributed by atoms with Crippen molar-refractivity contribution in [1.29, 1.82) is 0 Å². The van der Waals surface area contributed by atoms with Gasteiger partial charge in [0.1, 0.15) is 0 Å². The minimum Gasteiger partial charge on any atom is -0.312 e. The highest BCUT2D eigenvalue weighted by molar-refractivity contribution is 6.35. The van der Waals surface area contributed by atoms with Crippen LogP contribution in [0, 0.1) is 5.41 Å². The predicted molar refractivity (Wildman–Crippen MR) is 86.1 cm³/mol. The Hall–Kier alpha value is -0.240. The van der Waals surface area contributed by atoms with Gasteiger partial charge in [-0.15, -0.1) is 0 Å². The fraction of sp³-hybridized carbons (Fsp3) is 0.625. The highest BCUT2D eigenvalue weighted by Gasteiger charge is 2.17. The smallest absolute Gasteiger partial charge is 0.0465 e. The number of hydrogen-bond donors (Lipinski definition) is 1. The van der Waals surface area contributed by atoms with E-state index in [1.54, 1.807) is 0 Å². The molecule has 0 radical (unpaired) electrons. The van der Waals surface area contributed by atoms with Crippen LogP contribution in [0.1, 0.15) is 52.0 Å². The molecule has 0 heterocycles. The van der Waals surface area contributed by atoms with Crippen LogP contribution in [0.25, 0.3) is 0 Å². The van der Waals surface area contributed by atoms with Crippen LogP contribution in [0.4, 0.5) is 0 Å². The third-order valence-corrected chi connectivity index (χ3v) is 4.13. The summed E-state index contributed by atoms with van der Waals surface area (Å²) in [4.78, 5) is 0. The standard InChI is InChI=1S/C16H25Cl2N/c1-4-5-6-10-16(2,3)12-19-11-13-14(17)8-7-9-15(13)18/h7-9,19H,4-6,10-12H2,1-3H3. The van der Waals surface area contributed by atoms with E-state index in [1.165, 1.54) is 25.7 Å². The molecule has 0 aliphatic rings. The Bertz CT molecular complexity index is 368. The Morgan fingerprint density at radius 2 is 1.74 bits per heavy atom. The molecule has 19 heavy (non-hydrogen) atoms. The van der Waals surface area contributed by atoms with Gasteiger partial charge in [0.25, 0.3) is 0 Å². The first-order valence-electron chi connectivity index (χ1n) is 7.10. The summed E-state index contributed by atoms with van der Waals surface area (Å²) >= 11 is 12.3. The second-order valence-corrected chi connectivity index (χ2v) is 6.74. The summed E-state index contributed by atoms with van der Waals surface area (Å²) in [5.74, 6) is 0. The van der Waals surface area contributed by atoms with Crippen molar-refractivity contribution in [2.45, 2.75) is 53.0 Å². The maximum absolute atomic E-state index is 6.16. The van der Waals surface area contributed by atoms with Crippen LogP contribution in [0.3, 0.4) is 0 Å². The lowest BCUT2D eigenvalue weighted by Gasteiger charge is -2.25. The zero-order valence-electron chi connectivity index (χ0n) is 12.2. The molecule has 1 aromatic rings. The lowest BCUT2D eigenvalue weighted by atomic mass is 9.87. The average Bonchev–Trinajstić information content (AvgIpc) is 2.33. The highest BCUT2D eigenvalue weighted by Crippen LogP contribution is 2.26. The topological polar surface area (TPSA) is 12.0 Å². The lowest BCUT2D eigenvalue weighted by Crippen LogP contribution is -2.29. The molecule has 108 valence electrons. The molecule has 1 aromatic carbocycles. The Labute approximate surface area is 127 Å². The van der Waals surface area contributed by atoms with Gasteiger partial charge in [-0.25, -0.2) is 0 Å². The molecular weight excluding hydrogens is 277 g/mol. The summed E-state index contributed by atoms with van der Waals surface area (Å²) in [5, 5.41) is 4.96. The average molecular weight is 302 g/mol. The van der Waals surface area contributed by atoms with Crippen molar-refractivity contribution in [3.63, 3.8) is 0 Å². The molecule has 0 amide bonds. The van der Waals surface area contributed by atoms with Crippen molar-refractivity contribution in [2.75, 3.05) is 6.54 Å². The molecule has 1 rings (SSSR count). The molecule has 0 fully saturated rings. The first kappa shape index (κ1) is 16.8. The summed E-state index contributed by atoms with van der Waals surface area (Å²) in [5.41, 5.74) is 1.32. The maximum atomic E-state index is 6.16. The second-order valence-electron chi connectivity index (χ2n) is 5.93. The fourth-order valence-corrected chi connectivity index (χ4v) is 2.70. The number of halogens is 2. The largest absolute Gasteiger partial charge is 0.312 e. The van der Waals surface area contributed by atoms with Crippen LogP contribution in [-0.2, 0) is 6.54 Å². The lowest BCUT2D eigenvalue weighted by molar-refractivity contribution is 0.302. The van der Waals surface area contributed by atoms with E-state index in [9.17, 15) is 0 Å². The van der Waals surface area contributed by atoms with Gasteiger partial charge in [0.2, 0.25) is 0 Å². The molecule has 0 aromatic heterocycles. The second kappa shape index (κ2) is 8.14. The van der Waals surface area contributed by atoms with Gasteiger partial charge in [-0.2, -0.15) is 0 Å². The molecule has 1 N–H and O–H groups in total. The van der Waals surface area contributed by atoms with E-state index in [4.69, 9.17) is 23.2 Å². The van der Waals surface area contributed by atoms with Crippen molar-refractivity contribution >= 4 is 23.2 Å². The van der Waals surface area contributed by atoms with Gasteiger partial charge >= 0.3 is 0 Å². The number of benzene rings is 1. The summed E-state index contributed by atoms with van der Waals surface area (Å²) in [6.07, 6.45) is 5.15. The monoisotopic (exact) mass is 301 g/mol. The SMILES string of the molecule is CCCCCC(C)(C)CNCc1c(Cl)cccc1Cl. The molecule has 0 saturated heterocycles. The van der Waals surface area contributed by atoms with E-state index in [1.807, 2.05) is 18.2 Å². The normalized spacial score (nSPS) is 11.8. The Morgan fingerprint density at radius 3 is 2.32 bits per heavy atom. The quantitative estimate of drug-likeness (QED) is 0.608. The van der Waals surface area contributed by atoms with E-state index in [-0.39, 0.29) is 0 Å². The van der Waals surface area contributed by atoms with E-state index in [2.05, 4.69) is 26.1 Å². The number of hydrogen-bond acceptors (Lipinski definition) is 1. The summed E-state index contributed by atoms with van der Waals surface area (Å²) in [6, 6.07) is 5.65. The predicted octanol–water partition coefficient (Wildman–Crippen LogP) is 5.69. The summed E-state index contributed by atoms with van der Waals surface area (Å²) in [7, 11) is 0. The van der Waals surface area contributed by atoms with Crippen LogP contribution < -0.4 is 5.32 Å². The van der Waals surface area contributed by atoms with Gasteiger partial charge in [0.15, 0.2) is 0 Å². The van der Waals surface area contributed by atoms with Gasteiger partial charge in [-0.1, -0.05) is 69.3 Å². The van der Waals surface area contributed by atoms with Gasteiger partial charge < -0.3 is 5.32 Å². The van der Waals surface area contributed by atoms with Crippen LogP contribution in [-0.4, -0.2) is 6.54 Å². The van der Waals surface area contributed by atoms with Crippen LogP contribution in [0.5, 0.6) is 0 Å². The third kappa shape index (κ3) is 6.16. The molecule has 0 unspecified atom stereocenters. The highest BCUT2D eigenvalue weighted by atomic mass is 35.5. The Morgan fingerprint density at radius 1 is 1.11 bits per heavy atom. The maximum Gasteiger partial charge on any atom is 0.0465 e. The zero-order chi connectivity index (χ0) is 14.3. The van der Waals surface area contributed by atoms with Crippen molar-refractivity contribution in [2.24, 2.45) is 5.41 Å². The van der Waals surface area contributed by atoms with Gasteiger partial charge in [-0.05, 0) is 24.0 Å². The summed E-state index contributed by atoms with van der Waals surface area (Å²) in [6.45, 7) is 8.58. The van der Waals surface area contributed by atoms with Crippen molar-refractivity contribution < 1.29 is 0 Å². The van der Waals surface area contributed by atoms with Crippen molar-refractivity contribution in [3.05, 3.63) is 33.8 Å². The Kier molecular flexibility index (Phi) is 7.20. The van der Waals surface area contributed by atoms with Crippen molar-refractivity contribution in [3.8, 4) is 0 Å². The van der Waals surface area contributed by atoms with Crippen LogP contribution in [0.2, 0.25) is 10.0 Å². The molecule has 0 saturated carbocycles. The van der Waals surface area contributed by atoms with Gasteiger partial charge in [-0.3, -0.25) is 0 Å². The fourth-order valence-electron chi connectivity index (χ4n) is 2.17. The molecule has 1 nitrogen and oxygen atoms in total. The Balaban J connectivity index is 2.41. The van der Waals surface area contributed by atoms with Gasteiger partial charge in [0.05, 0.1) is 0 Å². The first-order valence-corrected chi connectivity index (χ1v) is 7.85.